The van der Waals surface area contributed by atoms with Gasteiger partial charge in [0.2, 0.25) is 5.91 Å². The second-order valence-corrected chi connectivity index (χ2v) is 4.44. The number of rotatable bonds is 5. The van der Waals surface area contributed by atoms with E-state index in [4.69, 9.17) is 5.11 Å². The van der Waals surface area contributed by atoms with Gasteiger partial charge in [0.1, 0.15) is 5.92 Å². The standard InChI is InChI=1S/C14H19NO3/c1-4-12(11-7-5-9(2)6-8-11)15-13(16)10(3)14(17)18/h5-8,10,12H,4H2,1-3H3,(H,15,16)(H,17,18). The number of carboxylic acid groups (broad SMARTS) is 1. The smallest absolute Gasteiger partial charge is 0.315 e. The van der Waals surface area contributed by atoms with E-state index >= 15 is 0 Å². The third-order valence-corrected chi connectivity index (χ3v) is 2.97. The van der Waals surface area contributed by atoms with Crippen LogP contribution in [0.4, 0.5) is 0 Å². The molecule has 0 aliphatic carbocycles. The van der Waals surface area contributed by atoms with Crippen molar-refractivity contribution in [2.45, 2.75) is 33.2 Å². The van der Waals surface area contributed by atoms with Gasteiger partial charge >= 0.3 is 5.97 Å². The first kappa shape index (κ1) is 14.2. The van der Waals surface area contributed by atoms with E-state index < -0.39 is 17.8 Å². The maximum atomic E-state index is 11.7. The zero-order valence-electron chi connectivity index (χ0n) is 10.9. The minimum Gasteiger partial charge on any atom is -0.481 e. The summed E-state index contributed by atoms with van der Waals surface area (Å²) >= 11 is 0. The van der Waals surface area contributed by atoms with Crippen molar-refractivity contribution in [1.82, 2.24) is 5.32 Å². The first-order chi connectivity index (χ1) is 8.45. The van der Waals surface area contributed by atoms with Crippen molar-refractivity contribution >= 4 is 11.9 Å². The molecule has 0 aliphatic heterocycles. The second kappa shape index (κ2) is 6.19. The Labute approximate surface area is 107 Å². The third kappa shape index (κ3) is 3.58. The second-order valence-electron chi connectivity index (χ2n) is 4.44. The summed E-state index contributed by atoms with van der Waals surface area (Å²) in [6, 6.07) is 7.72. The van der Waals surface area contributed by atoms with Crippen LogP contribution in [0.2, 0.25) is 0 Å². The average molecular weight is 249 g/mol. The van der Waals surface area contributed by atoms with Crippen molar-refractivity contribution in [3.05, 3.63) is 35.4 Å². The van der Waals surface area contributed by atoms with Crippen LogP contribution in [-0.2, 0) is 9.59 Å². The molecule has 0 aliphatic rings. The van der Waals surface area contributed by atoms with E-state index in [-0.39, 0.29) is 6.04 Å². The van der Waals surface area contributed by atoms with E-state index in [1.807, 2.05) is 38.1 Å². The summed E-state index contributed by atoms with van der Waals surface area (Å²) in [5, 5.41) is 11.5. The van der Waals surface area contributed by atoms with Crippen molar-refractivity contribution < 1.29 is 14.7 Å². The fourth-order valence-electron chi connectivity index (χ4n) is 1.63. The van der Waals surface area contributed by atoms with Gasteiger partial charge in [0, 0.05) is 0 Å². The van der Waals surface area contributed by atoms with Crippen molar-refractivity contribution in [1.29, 1.82) is 0 Å². The van der Waals surface area contributed by atoms with E-state index in [1.54, 1.807) is 0 Å². The highest BCUT2D eigenvalue weighted by Gasteiger charge is 2.23. The van der Waals surface area contributed by atoms with E-state index in [1.165, 1.54) is 6.92 Å². The topological polar surface area (TPSA) is 66.4 Å². The van der Waals surface area contributed by atoms with Crippen LogP contribution in [0.5, 0.6) is 0 Å². The Bertz CT molecular complexity index is 425. The zero-order valence-corrected chi connectivity index (χ0v) is 10.9. The summed E-state index contributed by atoms with van der Waals surface area (Å²) in [4.78, 5) is 22.4. The SMILES string of the molecule is CCC(NC(=O)C(C)C(=O)O)c1ccc(C)cc1. The first-order valence-corrected chi connectivity index (χ1v) is 6.05. The molecule has 4 heteroatoms. The lowest BCUT2D eigenvalue weighted by atomic mass is 10.0. The van der Waals surface area contributed by atoms with Crippen LogP contribution in [-0.4, -0.2) is 17.0 Å². The molecule has 0 saturated heterocycles. The molecular formula is C14H19NO3. The Kier molecular flexibility index (Phi) is 4.89. The van der Waals surface area contributed by atoms with Gasteiger partial charge in [-0.2, -0.15) is 0 Å². The first-order valence-electron chi connectivity index (χ1n) is 6.05. The van der Waals surface area contributed by atoms with Gasteiger partial charge in [-0.05, 0) is 25.8 Å². The van der Waals surface area contributed by atoms with E-state index in [0.717, 1.165) is 17.5 Å². The monoisotopic (exact) mass is 249 g/mol. The summed E-state index contributed by atoms with van der Waals surface area (Å²) in [6.45, 7) is 5.34. The van der Waals surface area contributed by atoms with Crippen molar-refractivity contribution in [2.75, 3.05) is 0 Å². The molecule has 2 N–H and O–H groups in total. The lowest BCUT2D eigenvalue weighted by Crippen LogP contribution is -2.36. The van der Waals surface area contributed by atoms with Crippen LogP contribution >= 0.6 is 0 Å². The molecule has 0 saturated carbocycles. The van der Waals surface area contributed by atoms with Gasteiger partial charge in [0.25, 0.3) is 0 Å². The molecule has 1 aromatic carbocycles. The minimum absolute atomic E-state index is 0.139. The maximum absolute atomic E-state index is 11.7. The molecule has 0 aromatic heterocycles. The quantitative estimate of drug-likeness (QED) is 0.787. The van der Waals surface area contributed by atoms with Crippen LogP contribution in [0.25, 0.3) is 0 Å². The largest absolute Gasteiger partial charge is 0.481 e. The van der Waals surface area contributed by atoms with Crippen molar-refractivity contribution in [3.8, 4) is 0 Å². The van der Waals surface area contributed by atoms with Crippen molar-refractivity contribution in [3.63, 3.8) is 0 Å². The summed E-state index contributed by atoms with van der Waals surface area (Å²) in [5.74, 6) is -2.58. The predicted octanol–water partition coefficient (Wildman–Crippen LogP) is 2.28. The van der Waals surface area contributed by atoms with Crippen molar-refractivity contribution in [2.24, 2.45) is 5.92 Å². The predicted molar refractivity (Wildman–Crippen MR) is 69.2 cm³/mol. The lowest BCUT2D eigenvalue weighted by molar-refractivity contribution is -0.146. The molecular weight excluding hydrogens is 230 g/mol. The maximum Gasteiger partial charge on any atom is 0.315 e. The number of benzene rings is 1. The highest BCUT2D eigenvalue weighted by Crippen LogP contribution is 2.17. The number of hydrogen-bond donors (Lipinski definition) is 2. The lowest BCUT2D eigenvalue weighted by Gasteiger charge is -2.19. The van der Waals surface area contributed by atoms with Gasteiger partial charge in [-0.15, -0.1) is 0 Å². The highest BCUT2D eigenvalue weighted by molar-refractivity contribution is 5.96. The van der Waals surface area contributed by atoms with Crippen LogP contribution in [0.15, 0.2) is 24.3 Å². The molecule has 0 spiro atoms. The Morgan fingerprint density at radius 2 is 1.83 bits per heavy atom. The highest BCUT2D eigenvalue weighted by atomic mass is 16.4. The average Bonchev–Trinajstić information content (AvgIpc) is 2.35. The molecule has 1 rings (SSSR count). The number of aryl methyl sites for hydroxylation is 1. The van der Waals surface area contributed by atoms with Crippen LogP contribution in [0.3, 0.4) is 0 Å². The van der Waals surface area contributed by atoms with Gasteiger partial charge in [0.05, 0.1) is 6.04 Å². The summed E-state index contributed by atoms with van der Waals surface area (Å²) < 4.78 is 0. The molecule has 0 bridgehead atoms. The van der Waals surface area contributed by atoms with Crippen LogP contribution in [0, 0.1) is 12.8 Å². The number of aliphatic carboxylic acids is 1. The molecule has 1 amide bonds. The zero-order chi connectivity index (χ0) is 13.7. The fourth-order valence-corrected chi connectivity index (χ4v) is 1.63. The number of amides is 1. The fraction of sp³-hybridized carbons (Fsp3) is 0.429. The molecule has 2 unspecified atom stereocenters. The number of carbonyl (C=O) groups excluding carboxylic acids is 1. The number of hydrogen-bond acceptors (Lipinski definition) is 2. The minimum atomic E-state index is -1.11. The van der Waals surface area contributed by atoms with E-state index in [9.17, 15) is 9.59 Å². The molecule has 98 valence electrons. The Balaban J connectivity index is 2.76. The summed E-state index contributed by atoms with van der Waals surface area (Å²) in [7, 11) is 0. The molecule has 4 nitrogen and oxygen atoms in total. The van der Waals surface area contributed by atoms with Gasteiger partial charge in [-0.1, -0.05) is 36.8 Å². The normalized spacial score (nSPS) is 13.7. The molecule has 0 fully saturated rings. The van der Waals surface area contributed by atoms with E-state index in [2.05, 4.69) is 5.32 Å². The molecule has 2 atom stereocenters. The van der Waals surface area contributed by atoms with Crippen LogP contribution in [0.1, 0.15) is 37.4 Å². The Morgan fingerprint density at radius 3 is 2.28 bits per heavy atom. The Morgan fingerprint density at radius 1 is 1.28 bits per heavy atom. The number of carbonyl (C=O) groups is 2. The molecule has 18 heavy (non-hydrogen) atoms. The molecule has 1 aromatic rings. The number of carboxylic acids is 1. The number of nitrogens with one attached hydrogen (secondary N) is 1. The van der Waals surface area contributed by atoms with Gasteiger partial charge in [-0.25, -0.2) is 0 Å². The van der Waals surface area contributed by atoms with E-state index in [0.29, 0.717) is 0 Å². The van der Waals surface area contributed by atoms with Gasteiger partial charge in [-0.3, -0.25) is 9.59 Å². The van der Waals surface area contributed by atoms with Gasteiger partial charge < -0.3 is 10.4 Å². The molecule has 0 radical (unpaired) electrons. The Hall–Kier alpha value is -1.84. The third-order valence-electron chi connectivity index (χ3n) is 2.97. The van der Waals surface area contributed by atoms with Gasteiger partial charge in [0.15, 0.2) is 0 Å². The molecule has 0 heterocycles. The summed E-state index contributed by atoms with van der Waals surface area (Å²) in [6.07, 6.45) is 0.723. The van der Waals surface area contributed by atoms with Crippen LogP contribution < -0.4 is 5.32 Å². The summed E-state index contributed by atoms with van der Waals surface area (Å²) in [5.41, 5.74) is 2.15.